The van der Waals surface area contributed by atoms with Gasteiger partial charge in [0.25, 0.3) is 5.91 Å². The highest BCUT2D eigenvalue weighted by Crippen LogP contribution is 2.28. The second-order valence-corrected chi connectivity index (χ2v) is 7.62. The van der Waals surface area contributed by atoms with E-state index in [0.29, 0.717) is 17.9 Å². The minimum Gasteiger partial charge on any atom is -0.321 e. The van der Waals surface area contributed by atoms with Crippen LogP contribution in [-0.4, -0.2) is 30.5 Å². The zero-order chi connectivity index (χ0) is 21.2. The van der Waals surface area contributed by atoms with Crippen LogP contribution in [0.3, 0.4) is 0 Å². The number of hydrogen-bond donors (Lipinski definition) is 1. The lowest BCUT2D eigenvalue weighted by molar-refractivity contribution is 0.102. The second-order valence-electron chi connectivity index (χ2n) is 7.62. The summed E-state index contributed by atoms with van der Waals surface area (Å²) < 4.78 is 16.9. The summed E-state index contributed by atoms with van der Waals surface area (Å²) >= 11 is 0. The summed E-state index contributed by atoms with van der Waals surface area (Å²) in [7, 11) is 0. The number of carbonyl (C=O) groups is 1. The van der Waals surface area contributed by atoms with Gasteiger partial charge in [-0.3, -0.25) is 4.79 Å². The number of nitrogens with one attached hydrogen (secondary N) is 1. The third-order valence-corrected chi connectivity index (χ3v) is 5.46. The van der Waals surface area contributed by atoms with Crippen molar-refractivity contribution in [1.29, 1.82) is 0 Å². The summed E-state index contributed by atoms with van der Waals surface area (Å²) in [5.41, 5.74) is 4.90. The lowest BCUT2D eigenvalue weighted by atomic mass is 9.95. The van der Waals surface area contributed by atoms with Crippen LogP contribution in [-0.2, 0) is 19.4 Å². The molecular formula is C23H21FN6O. The Labute approximate surface area is 178 Å². The van der Waals surface area contributed by atoms with Gasteiger partial charge < -0.3 is 5.32 Å². The first kappa shape index (κ1) is 19.2. The van der Waals surface area contributed by atoms with Crippen LogP contribution in [0, 0.1) is 5.82 Å². The molecule has 7 nitrogen and oxygen atoms in total. The van der Waals surface area contributed by atoms with Crippen molar-refractivity contribution in [2.24, 2.45) is 0 Å². The van der Waals surface area contributed by atoms with Crippen LogP contribution in [0.5, 0.6) is 0 Å². The SMILES string of the molecule is O=C(Nc1cccc(Cn2cncn2)c1)c1nn(-c2ccc(F)cc2)c2c1CCCC2. The molecule has 5 rings (SSSR count). The molecule has 1 aliphatic carbocycles. The normalized spacial score (nSPS) is 13.1. The fraction of sp³-hybridized carbons (Fsp3) is 0.217. The molecule has 4 aromatic rings. The number of halogens is 1. The zero-order valence-corrected chi connectivity index (χ0v) is 16.8. The highest BCUT2D eigenvalue weighted by Gasteiger charge is 2.25. The lowest BCUT2D eigenvalue weighted by Crippen LogP contribution is -2.16. The average Bonchev–Trinajstić information content (AvgIpc) is 3.43. The van der Waals surface area contributed by atoms with Gasteiger partial charge in [0.2, 0.25) is 0 Å². The molecule has 156 valence electrons. The van der Waals surface area contributed by atoms with Crippen LogP contribution in [0.4, 0.5) is 10.1 Å². The Morgan fingerprint density at radius 1 is 1.10 bits per heavy atom. The third kappa shape index (κ3) is 3.96. The molecule has 0 spiro atoms. The maximum Gasteiger partial charge on any atom is 0.276 e. The number of aromatic nitrogens is 5. The highest BCUT2D eigenvalue weighted by molar-refractivity contribution is 6.04. The van der Waals surface area contributed by atoms with Crippen molar-refractivity contribution in [2.75, 3.05) is 5.32 Å². The van der Waals surface area contributed by atoms with Crippen molar-refractivity contribution in [1.82, 2.24) is 24.5 Å². The Morgan fingerprint density at radius 2 is 1.94 bits per heavy atom. The quantitative estimate of drug-likeness (QED) is 0.537. The van der Waals surface area contributed by atoms with Gasteiger partial charge in [-0.05, 0) is 67.6 Å². The Morgan fingerprint density at radius 3 is 2.74 bits per heavy atom. The van der Waals surface area contributed by atoms with Crippen molar-refractivity contribution in [3.63, 3.8) is 0 Å². The summed E-state index contributed by atoms with van der Waals surface area (Å²) in [4.78, 5) is 17.1. The fourth-order valence-corrected chi connectivity index (χ4v) is 4.02. The van der Waals surface area contributed by atoms with Crippen molar-refractivity contribution in [2.45, 2.75) is 32.2 Å². The van der Waals surface area contributed by atoms with E-state index in [4.69, 9.17) is 0 Å². The minimum atomic E-state index is -0.298. The zero-order valence-electron chi connectivity index (χ0n) is 16.8. The number of carbonyl (C=O) groups excluding carboxylic acids is 1. The predicted octanol–water partition coefficient (Wildman–Crippen LogP) is 3.78. The van der Waals surface area contributed by atoms with Crippen LogP contribution in [0.2, 0.25) is 0 Å². The molecule has 0 atom stereocenters. The maximum atomic E-state index is 13.4. The van der Waals surface area contributed by atoms with Crippen molar-refractivity contribution < 1.29 is 9.18 Å². The van der Waals surface area contributed by atoms with E-state index >= 15 is 0 Å². The molecule has 31 heavy (non-hydrogen) atoms. The number of nitrogens with zero attached hydrogens (tertiary/aromatic N) is 5. The minimum absolute atomic E-state index is 0.239. The third-order valence-electron chi connectivity index (χ3n) is 5.46. The fourth-order valence-electron chi connectivity index (χ4n) is 4.02. The molecule has 0 bridgehead atoms. The van der Waals surface area contributed by atoms with Crippen LogP contribution >= 0.6 is 0 Å². The van der Waals surface area contributed by atoms with Gasteiger partial charge in [0.1, 0.15) is 18.5 Å². The van der Waals surface area contributed by atoms with Gasteiger partial charge >= 0.3 is 0 Å². The Balaban J connectivity index is 1.42. The van der Waals surface area contributed by atoms with Crippen LogP contribution in [0.15, 0.2) is 61.2 Å². The van der Waals surface area contributed by atoms with Gasteiger partial charge in [0.05, 0.1) is 12.2 Å². The monoisotopic (exact) mass is 416 g/mol. The molecule has 0 saturated heterocycles. The molecule has 0 saturated carbocycles. The van der Waals surface area contributed by atoms with E-state index in [9.17, 15) is 9.18 Å². The molecule has 2 aromatic heterocycles. The van der Waals surface area contributed by atoms with Gasteiger partial charge in [-0.1, -0.05) is 12.1 Å². The summed E-state index contributed by atoms with van der Waals surface area (Å²) in [6.07, 6.45) is 6.87. The van der Waals surface area contributed by atoms with Crippen LogP contribution < -0.4 is 5.32 Å². The summed E-state index contributed by atoms with van der Waals surface area (Å²) in [5.74, 6) is -0.537. The Bertz CT molecular complexity index is 1210. The molecular weight excluding hydrogens is 395 g/mol. The molecule has 0 fully saturated rings. The van der Waals surface area contributed by atoms with Gasteiger partial charge in [-0.15, -0.1) is 0 Å². The van der Waals surface area contributed by atoms with Gasteiger partial charge in [0, 0.05) is 16.9 Å². The topological polar surface area (TPSA) is 77.6 Å². The highest BCUT2D eigenvalue weighted by atomic mass is 19.1. The first-order chi connectivity index (χ1) is 15.2. The van der Waals surface area contributed by atoms with E-state index in [1.54, 1.807) is 27.8 Å². The van der Waals surface area contributed by atoms with Gasteiger partial charge in [-0.25, -0.2) is 18.7 Å². The van der Waals surface area contributed by atoms with Crippen LogP contribution in [0.25, 0.3) is 5.69 Å². The second kappa shape index (κ2) is 8.14. The van der Waals surface area contributed by atoms with Crippen molar-refractivity contribution in [3.05, 3.63) is 89.5 Å². The largest absolute Gasteiger partial charge is 0.321 e. The standard InChI is InChI=1S/C23H21FN6O/c24-17-8-10-19(11-9-17)30-21-7-2-1-6-20(21)22(28-30)23(31)27-18-5-3-4-16(12-18)13-29-15-25-14-26-29/h3-5,8-12,14-15H,1-2,6-7,13H2,(H,27,31). The molecule has 0 radical (unpaired) electrons. The molecule has 1 aliphatic rings. The molecule has 1 amide bonds. The van der Waals surface area contributed by atoms with E-state index in [-0.39, 0.29) is 11.7 Å². The predicted molar refractivity (Wildman–Crippen MR) is 114 cm³/mol. The number of hydrogen-bond acceptors (Lipinski definition) is 4. The number of anilines is 1. The van der Waals surface area contributed by atoms with E-state index in [2.05, 4.69) is 20.5 Å². The molecule has 0 aliphatic heterocycles. The maximum absolute atomic E-state index is 13.4. The Hall–Kier alpha value is -3.81. The number of fused-ring (bicyclic) bond motifs is 1. The number of amides is 1. The molecule has 1 N–H and O–H groups in total. The number of benzene rings is 2. The molecule has 2 aromatic carbocycles. The summed E-state index contributed by atoms with van der Waals surface area (Å²) in [6, 6.07) is 13.8. The van der Waals surface area contributed by atoms with Gasteiger partial charge in [0.15, 0.2) is 5.69 Å². The van der Waals surface area contributed by atoms with Crippen LogP contribution in [0.1, 0.15) is 40.2 Å². The molecule has 2 heterocycles. The lowest BCUT2D eigenvalue weighted by Gasteiger charge is -2.14. The Kier molecular flexibility index (Phi) is 5.03. The smallest absolute Gasteiger partial charge is 0.276 e. The number of rotatable bonds is 5. The van der Waals surface area contributed by atoms with E-state index in [1.807, 2.05) is 24.3 Å². The summed E-state index contributed by atoms with van der Waals surface area (Å²) in [5, 5.41) is 11.7. The molecule has 8 heteroatoms. The first-order valence-electron chi connectivity index (χ1n) is 10.3. The van der Waals surface area contributed by atoms with E-state index in [0.717, 1.165) is 48.2 Å². The first-order valence-corrected chi connectivity index (χ1v) is 10.3. The van der Waals surface area contributed by atoms with Crippen molar-refractivity contribution >= 4 is 11.6 Å². The van der Waals surface area contributed by atoms with E-state index in [1.165, 1.54) is 18.5 Å². The molecule has 0 unspecified atom stereocenters. The average molecular weight is 416 g/mol. The van der Waals surface area contributed by atoms with Gasteiger partial charge in [-0.2, -0.15) is 10.2 Å². The summed E-state index contributed by atoms with van der Waals surface area (Å²) in [6.45, 7) is 0.568. The van der Waals surface area contributed by atoms with Crippen molar-refractivity contribution in [3.8, 4) is 5.69 Å². The van der Waals surface area contributed by atoms with E-state index < -0.39 is 0 Å².